The van der Waals surface area contributed by atoms with E-state index in [0.29, 0.717) is 4.88 Å². The number of hydrogen-bond donors (Lipinski definition) is 3. The summed E-state index contributed by atoms with van der Waals surface area (Å²) in [6.45, 7) is 0.0410. The van der Waals surface area contributed by atoms with Crippen molar-refractivity contribution in [1.82, 2.24) is 5.32 Å². The van der Waals surface area contributed by atoms with Crippen LogP contribution in [0.3, 0.4) is 0 Å². The molecule has 0 bridgehead atoms. The second-order valence-corrected chi connectivity index (χ2v) is 7.07. The van der Waals surface area contributed by atoms with Crippen LogP contribution in [-0.4, -0.2) is 19.4 Å². The van der Waals surface area contributed by atoms with E-state index in [9.17, 15) is 17.6 Å². The van der Waals surface area contributed by atoms with Gasteiger partial charge in [-0.05, 0) is 24.3 Å². The maximum Gasteiger partial charge on any atom is 0.254 e. The Morgan fingerprint density at radius 3 is 2.62 bits per heavy atom. The second-order valence-electron chi connectivity index (χ2n) is 4.11. The van der Waals surface area contributed by atoms with E-state index >= 15 is 0 Å². The summed E-state index contributed by atoms with van der Waals surface area (Å²) in [4.78, 5) is 12.3. The van der Waals surface area contributed by atoms with Gasteiger partial charge in [-0.15, -0.1) is 11.3 Å². The van der Waals surface area contributed by atoms with Gasteiger partial charge in [0.2, 0.25) is 10.0 Å². The Morgan fingerprint density at radius 1 is 1.33 bits per heavy atom. The molecule has 0 saturated heterocycles. The lowest BCUT2D eigenvalue weighted by molar-refractivity contribution is 0.0947. The normalized spacial score (nSPS) is 11.3. The molecule has 2 rings (SSSR count). The van der Waals surface area contributed by atoms with Gasteiger partial charge in [0.05, 0.1) is 12.1 Å². The van der Waals surface area contributed by atoms with E-state index in [4.69, 9.17) is 10.2 Å². The van der Waals surface area contributed by atoms with Crippen LogP contribution in [-0.2, 0) is 16.6 Å². The maximum atomic E-state index is 13.5. The van der Waals surface area contributed by atoms with Crippen molar-refractivity contribution in [3.63, 3.8) is 0 Å². The molecule has 1 heterocycles. The van der Waals surface area contributed by atoms with Crippen molar-refractivity contribution in [3.8, 4) is 5.75 Å². The molecule has 0 aliphatic rings. The highest BCUT2D eigenvalue weighted by molar-refractivity contribution is 7.91. The van der Waals surface area contributed by atoms with E-state index in [0.717, 1.165) is 23.5 Å². The van der Waals surface area contributed by atoms with E-state index in [1.165, 1.54) is 18.2 Å². The van der Waals surface area contributed by atoms with E-state index in [1.807, 2.05) is 0 Å². The van der Waals surface area contributed by atoms with Gasteiger partial charge in [-0.25, -0.2) is 17.9 Å². The fraction of sp³-hybridized carbons (Fsp3) is 0.0833. The predicted molar refractivity (Wildman–Crippen MR) is 74.9 cm³/mol. The van der Waals surface area contributed by atoms with Crippen LogP contribution in [0.5, 0.6) is 5.75 Å². The first-order valence-electron chi connectivity index (χ1n) is 5.65. The number of primary sulfonamides is 1. The number of sulfonamides is 1. The van der Waals surface area contributed by atoms with Crippen LogP contribution in [0.15, 0.2) is 34.5 Å². The first kappa shape index (κ1) is 15.4. The summed E-state index contributed by atoms with van der Waals surface area (Å²) in [6.07, 6.45) is 0. The minimum absolute atomic E-state index is 0.0115. The lowest BCUT2D eigenvalue weighted by atomic mass is 10.2. The first-order valence-corrected chi connectivity index (χ1v) is 8.02. The van der Waals surface area contributed by atoms with Crippen molar-refractivity contribution in [1.29, 1.82) is 0 Å². The fourth-order valence-electron chi connectivity index (χ4n) is 1.56. The standard InChI is InChI=1S/C12H11FN2O4S2/c13-10-5-7(16)1-3-9(10)12(17)15-6-8-2-4-11(20-8)21(14,18)19/h1-5,16H,6H2,(H,15,17)(H2,14,18,19). The Bertz CT molecular complexity index is 786. The molecule has 4 N–H and O–H groups in total. The number of aromatic hydroxyl groups is 1. The van der Waals surface area contributed by atoms with E-state index < -0.39 is 21.7 Å². The van der Waals surface area contributed by atoms with Crippen molar-refractivity contribution in [2.24, 2.45) is 5.14 Å². The molecule has 0 spiro atoms. The molecule has 0 saturated carbocycles. The molecule has 6 nitrogen and oxygen atoms in total. The number of thiophene rings is 1. The lowest BCUT2D eigenvalue weighted by Gasteiger charge is -2.05. The fourth-order valence-corrected chi connectivity index (χ4v) is 3.28. The molecule has 1 aromatic heterocycles. The molecule has 112 valence electrons. The minimum Gasteiger partial charge on any atom is -0.508 e. The van der Waals surface area contributed by atoms with Crippen molar-refractivity contribution < 1.29 is 22.7 Å². The number of amides is 1. The third-order valence-electron chi connectivity index (χ3n) is 2.54. The van der Waals surface area contributed by atoms with Gasteiger partial charge in [0.25, 0.3) is 5.91 Å². The van der Waals surface area contributed by atoms with Gasteiger partial charge in [0, 0.05) is 10.9 Å². The first-order chi connectivity index (χ1) is 9.77. The average molecular weight is 330 g/mol. The average Bonchev–Trinajstić information content (AvgIpc) is 2.84. The van der Waals surface area contributed by atoms with Crippen molar-refractivity contribution >= 4 is 27.3 Å². The largest absolute Gasteiger partial charge is 0.508 e. The quantitative estimate of drug-likeness (QED) is 0.781. The van der Waals surface area contributed by atoms with Gasteiger partial charge in [-0.2, -0.15) is 0 Å². The highest BCUT2D eigenvalue weighted by atomic mass is 32.2. The van der Waals surface area contributed by atoms with Crippen LogP contribution in [0, 0.1) is 5.82 Å². The molecule has 0 fully saturated rings. The summed E-state index contributed by atoms with van der Waals surface area (Å²) in [5.74, 6) is -1.79. The lowest BCUT2D eigenvalue weighted by Crippen LogP contribution is -2.23. The van der Waals surface area contributed by atoms with Gasteiger partial charge < -0.3 is 10.4 Å². The van der Waals surface area contributed by atoms with Crippen molar-refractivity contribution in [2.75, 3.05) is 0 Å². The molecular weight excluding hydrogens is 319 g/mol. The monoisotopic (exact) mass is 330 g/mol. The molecule has 0 unspecified atom stereocenters. The number of nitrogens with two attached hydrogens (primary N) is 1. The van der Waals surface area contributed by atoms with Gasteiger partial charge >= 0.3 is 0 Å². The van der Waals surface area contributed by atoms with Gasteiger partial charge in [0.1, 0.15) is 15.8 Å². The summed E-state index contributed by atoms with van der Waals surface area (Å²) in [7, 11) is -3.77. The molecule has 0 aliphatic heterocycles. The third kappa shape index (κ3) is 3.78. The molecule has 0 radical (unpaired) electrons. The maximum absolute atomic E-state index is 13.5. The summed E-state index contributed by atoms with van der Waals surface area (Å²) < 4.78 is 35.7. The number of carbonyl (C=O) groups is 1. The zero-order valence-electron chi connectivity index (χ0n) is 10.5. The third-order valence-corrected chi connectivity index (χ3v) is 5.06. The smallest absolute Gasteiger partial charge is 0.254 e. The van der Waals surface area contributed by atoms with Crippen LogP contribution >= 0.6 is 11.3 Å². The number of hydrogen-bond acceptors (Lipinski definition) is 5. The Morgan fingerprint density at radius 2 is 2.05 bits per heavy atom. The summed E-state index contributed by atoms with van der Waals surface area (Å²) in [5.41, 5.74) is -0.212. The molecule has 9 heteroatoms. The minimum atomic E-state index is -3.77. The van der Waals surface area contributed by atoms with Crippen LogP contribution in [0.25, 0.3) is 0 Å². The van der Waals surface area contributed by atoms with Gasteiger partial charge in [-0.1, -0.05) is 0 Å². The zero-order valence-corrected chi connectivity index (χ0v) is 12.2. The SMILES string of the molecule is NS(=O)(=O)c1ccc(CNC(=O)c2ccc(O)cc2F)s1. The van der Waals surface area contributed by atoms with E-state index in [1.54, 1.807) is 0 Å². The Balaban J connectivity index is 2.06. The number of benzene rings is 1. The second kappa shape index (κ2) is 5.80. The molecule has 2 aromatic rings. The van der Waals surface area contributed by atoms with Crippen LogP contribution < -0.4 is 10.5 Å². The van der Waals surface area contributed by atoms with Crippen molar-refractivity contribution in [3.05, 3.63) is 46.6 Å². The zero-order chi connectivity index (χ0) is 15.6. The Labute approximate surface area is 124 Å². The topological polar surface area (TPSA) is 109 Å². The number of nitrogens with one attached hydrogen (secondary N) is 1. The van der Waals surface area contributed by atoms with Crippen LogP contribution in [0.4, 0.5) is 4.39 Å². The van der Waals surface area contributed by atoms with Crippen molar-refractivity contribution in [2.45, 2.75) is 10.8 Å². The number of phenolic OH excluding ortho intramolecular Hbond substituents is 1. The molecule has 0 aliphatic carbocycles. The van der Waals surface area contributed by atoms with E-state index in [-0.39, 0.29) is 22.1 Å². The van der Waals surface area contributed by atoms with Gasteiger partial charge in [0.15, 0.2) is 0 Å². The highest BCUT2D eigenvalue weighted by Crippen LogP contribution is 2.20. The molecular formula is C12H11FN2O4S2. The van der Waals surface area contributed by atoms with E-state index in [2.05, 4.69) is 5.32 Å². The number of halogens is 1. The summed E-state index contributed by atoms with van der Waals surface area (Å²) in [5, 5.41) is 16.5. The van der Waals surface area contributed by atoms with Gasteiger partial charge in [-0.3, -0.25) is 4.79 Å². The number of phenols is 1. The number of rotatable bonds is 4. The molecule has 1 aromatic carbocycles. The molecule has 21 heavy (non-hydrogen) atoms. The Hall–Kier alpha value is -1.97. The number of carbonyl (C=O) groups excluding carboxylic acids is 1. The summed E-state index contributed by atoms with van der Waals surface area (Å²) in [6, 6.07) is 6.03. The highest BCUT2D eigenvalue weighted by Gasteiger charge is 2.14. The molecule has 1 amide bonds. The summed E-state index contributed by atoms with van der Waals surface area (Å²) >= 11 is 0.922. The molecule has 0 atom stereocenters. The predicted octanol–water partition coefficient (Wildman–Crippen LogP) is 1.17. The Kier molecular flexibility index (Phi) is 4.26. The van der Waals surface area contributed by atoms with Crippen LogP contribution in [0.2, 0.25) is 0 Å². The van der Waals surface area contributed by atoms with Crippen LogP contribution in [0.1, 0.15) is 15.2 Å².